The maximum Gasteiger partial charge on any atom is 0.326 e. The van der Waals surface area contributed by atoms with Gasteiger partial charge in [0.05, 0.1) is 23.5 Å². The highest BCUT2D eigenvalue weighted by Crippen LogP contribution is 2.09. The van der Waals surface area contributed by atoms with Crippen molar-refractivity contribution in [3.8, 4) is 0 Å². The van der Waals surface area contributed by atoms with Crippen LogP contribution in [0.1, 0.15) is 16.8 Å². The van der Waals surface area contributed by atoms with E-state index in [2.05, 4.69) is 15.4 Å². The third-order valence-corrected chi connectivity index (χ3v) is 3.43. The Morgan fingerprint density at radius 2 is 2.30 bits per heavy atom. The number of carboxylic acid groups (broad SMARTS) is 1. The standard InChI is InChI=1S/C12H14N4O3S/c1-20-5-2-9(12(18)19)15-11(17)8-6-14-16-4-3-13-7-10(8)16/h3-4,6-7,9H,2,5H2,1H3,(H,15,17)(H,18,19)/t9-/m1/s1. The Morgan fingerprint density at radius 3 is 3.00 bits per heavy atom. The second kappa shape index (κ2) is 6.38. The first-order chi connectivity index (χ1) is 9.63. The van der Waals surface area contributed by atoms with E-state index < -0.39 is 17.9 Å². The lowest BCUT2D eigenvalue weighted by Gasteiger charge is -2.13. The Bertz CT molecular complexity index is 628. The molecule has 2 rings (SSSR count). The zero-order chi connectivity index (χ0) is 14.5. The first kappa shape index (κ1) is 14.3. The van der Waals surface area contributed by atoms with Gasteiger partial charge in [-0.3, -0.25) is 9.78 Å². The van der Waals surface area contributed by atoms with Crippen molar-refractivity contribution in [1.82, 2.24) is 19.9 Å². The normalized spacial score (nSPS) is 12.2. The van der Waals surface area contributed by atoms with Gasteiger partial charge in [0.15, 0.2) is 0 Å². The molecule has 7 nitrogen and oxygen atoms in total. The lowest BCUT2D eigenvalue weighted by Crippen LogP contribution is -2.41. The van der Waals surface area contributed by atoms with E-state index in [1.807, 2.05) is 6.26 Å². The van der Waals surface area contributed by atoms with Crippen molar-refractivity contribution < 1.29 is 14.7 Å². The minimum Gasteiger partial charge on any atom is -0.480 e. The number of aromatic nitrogens is 3. The molecule has 2 heterocycles. The molecule has 8 heteroatoms. The van der Waals surface area contributed by atoms with Crippen molar-refractivity contribution in [2.45, 2.75) is 12.5 Å². The van der Waals surface area contributed by atoms with Crippen LogP contribution in [-0.4, -0.2) is 49.6 Å². The van der Waals surface area contributed by atoms with Crippen LogP contribution < -0.4 is 5.32 Å². The Labute approximate surface area is 119 Å². The minimum absolute atomic E-state index is 0.313. The molecule has 0 fully saturated rings. The molecule has 2 aromatic rings. The Hall–Kier alpha value is -2.09. The molecule has 0 bridgehead atoms. The van der Waals surface area contributed by atoms with Gasteiger partial charge in [-0.05, 0) is 18.4 Å². The molecule has 20 heavy (non-hydrogen) atoms. The van der Waals surface area contributed by atoms with E-state index in [-0.39, 0.29) is 0 Å². The molecule has 0 spiro atoms. The Balaban J connectivity index is 2.16. The number of fused-ring (bicyclic) bond motifs is 1. The fourth-order valence-corrected chi connectivity index (χ4v) is 2.21. The topological polar surface area (TPSA) is 96.6 Å². The van der Waals surface area contributed by atoms with Crippen LogP contribution in [0.3, 0.4) is 0 Å². The molecule has 106 valence electrons. The summed E-state index contributed by atoms with van der Waals surface area (Å²) in [5.41, 5.74) is 0.854. The number of aliphatic carboxylic acids is 1. The van der Waals surface area contributed by atoms with Crippen LogP contribution in [0.25, 0.3) is 5.52 Å². The molecule has 0 unspecified atom stereocenters. The third-order valence-electron chi connectivity index (χ3n) is 2.78. The quantitative estimate of drug-likeness (QED) is 0.812. The summed E-state index contributed by atoms with van der Waals surface area (Å²) in [7, 11) is 0. The Morgan fingerprint density at radius 1 is 1.50 bits per heavy atom. The number of carbonyl (C=O) groups is 2. The lowest BCUT2D eigenvalue weighted by atomic mass is 10.2. The maximum absolute atomic E-state index is 12.1. The summed E-state index contributed by atoms with van der Waals surface area (Å²) in [4.78, 5) is 27.2. The molecule has 2 aromatic heterocycles. The molecule has 0 saturated heterocycles. The van der Waals surface area contributed by atoms with Gasteiger partial charge in [0.25, 0.3) is 5.91 Å². The highest BCUT2D eigenvalue weighted by molar-refractivity contribution is 7.98. The van der Waals surface area contributed by atoms with Crippen molar-refractivity contribution in [3.05, 3.63) is 30.4 Å². The zero-order valence-corrected chi connectivity index (χ0v) is 11.6. The molecule has 0 aliphatic rings. The van der Waals surface area contributed by atoms with E-state index in [9.17, 15) is 9.59 Å². The number of carboxylic acids is 1. The lowest BCUT2D eigenvalue weighted by molar-refractivity contribution is -0.139. The predicted molar refractivity (Wildman–Crippen MR) is 74.9 cm³/mol. The molecule has 1 amide bonds. The van der Waals surface area contributed by atoms with Gasteiger partial charge in [-0.1, -0.05) is 0 Å². The number of carbonyl (C=O) groups excluding carboxylic acids is 1. The third kappa shape index (κ3) is 3.08. The summed E-state index contributed by atoms with van der Waals surface area (Å²) in [6.07, 6.45) is 8.35. The summed E-state index contributed by atoms with van der Waals surface area (Å²) >= 11 is 1.53. The molecule has 1 atom stereocenters. The molecule has 0 aromatic carbocycles. The van der Waals surface area contributed by atoms with Crippen molar-refractivity contribution in [1.29, 1.82) is 0 Å². The summed E-state index contributed by atoms with van der Waals surface area (Å²) in [5, 5.41) is 15.6. The van der Waals surface area contributed by atoms with E-state index in [0.717, 1.165) is 0 Å². The monoisotopic (exact) mass is 294 g/mol. The number of thioether (sulfide) groups is 1. The number of nitrogens with zero attached hydrogens (tertiary/aromatic N) is 3. The molecule has 2 N–H and O–H groups in total. The summed E-state index contributed by atoms with van der Waals surface area (Å²) in [6.45, 7) is 0. The minimum atomic E-state index is -1.04. The number of rotatable bonds is 6. The average molecular weight is 294 g/mol. The first-order valence-corrected chi connectivity index (χ1v) is 7.33. The largest absolute Gasteiger partial charge is 0.480 e. The van der Waals surface area contributed by atoms with E-state index in [1.54, 1.807) is 12.4 Å². The fourth-order valence-electron chi connectivity index (χ4n) is 1.74. The maximum atomic E-state index is 12.1. The second-order valence-electron chi connectivity index (χ2n) is 4.11. The number of hydrogen-bond acceptors (Lipinski definition) is 5. The van der Waals surface area contributed by atoms with Gasteiger partial charge < -0.3 is 10.4 Å². The van der Waals surface area contributed by atoms with Crippen molar-refractivity contribution in [2.75, 3.05) is 12.0 Å². The smallest absolute Gasteiger partial charge is 0.326 e. The van der Waals surface area contributed by atoms with E-state index >= 15 is 0 Å². The van der Waals surface area contributed by atoms with Gasteiger partial charge in [-0.2, -0.15) is 16.9 Å². The highest BCUT2D eigenvalue weighted by atomic mass is 32.2. The summed E-state index contributed by atoms with van der Waals surface area (Å²) < 4.78 is 1.51. The Kier molecular flexibility index (Phi) is 4.57. The van der Waals surface area contributed by atoms with Crippen LogP contribution in [0.5, 0.6) is 0 Å². The van der Waals surface area contributed by atoms with Gasteiger partial charge in [0.1, 0.15) is 6.04 Å². The van der Waals surface area contributed by atoms with Crippen LogP contribution in [-0.2, 0) is 4.79 Å². The number of nitrogens with one attached hydrogen (secondary N) is 1. The predicted octanol–water partition coefficient (Wildman–Crippen LogP) is 0.665. The van der Waals surface area contributed by atoms with E-state index in [4.69, 9.17) is 5.11 Å². The van der Waals surface area contributed by atoms with Gasteiger partial charge in [-0.25, -0.2) is 9.31 Å². The van der Waals surface area contributed by atoms with E-state index in [0.29, 0.717) is 23.3 Å². The molecular weight excluding hydrogens is 280 g/mol. The molecule has 0 aliphatic heterocycles. The fraction of sp³-hybridized carbons (Fsp3) is 0.333. The van der Waals surface area contributed by atoms with Crippen molar-refractivity contribution >= 4 is 29.2 Å². The molecule has 0 radical (unpaired) electrons. The van der Waals surface area contributed by atoms with Crippen LogP contribution in [0, 0.1) is 0 Å². The van der Waals surface area contributed by atoms with Crippen molar-refractivity contribution in [2.24, 2.45) is 0 Å². The molecule has 0 saturated carbocycles. The second-order valence-corrected chi connectivity index (χ2v) is 5.10. The average Bonchev–Trinajstić information content (AvgIpc) is 2.87. The number of hydrogen-bond donors (Lipinski definition) is 2. The van der Waals surface area contributed by atoms with Crippen LogP contribution >= 0.6 is 11.8 Å². The molecule has 0 aliphatic carbocycles. The van der Waals surface area contributed by atoms with Crippen LogP contribution in [0.2, 0.25) is 0 Å². The van der Waals surface area contributed by atoms with Gasteiger partial charge >= 0.3 is 5.97 Å². The van der Waals surface area contributed by atoms with Crippen molar-refractivity contribution in [3.63, 3.8) is 0 Å². The van der Waals surface area contributed by atoms with Crippen LogP contribution in [0.4, 0.5) is 0 Å². The first-order valence-electron chi connectivity index (χ1n) is 5.93. The summed E-state index contributed by atoms with van der Waals surface area (Å²) in [6, 6.07) is -0.901. The van der Waals surface area contributed by atoms with Gasteiger partial charge in [0, 0.05) is 12.4 Å². The molecular formula is C12H14N4O3S. The number of amides is 1. The van der Waals surface area contributed by atoms with Crippen LogP contribution in [0.15, 0.2) is 24.8 Å². The SMILES string of the molecule is CSCC[C@@H](NC(=O)c1cnn2ccncc12)C(=O)O. The zero-order valence-electron chi connectivity index (χ0n) is 10.8. The highest BCUT2D eigenvalue weighted by Gasteiger charge is 2.22. The van der Waals surface area contributed by atoms with Gasteiger partial charge in [-0.15, -0.1) is 0 Å². The summed E-state index contributed by atoms with van der Waals surface area (Å²) in [5.74, 6) is -0.836. The van der Waals surface area contributed by atoms with Gasteiger partial charge in [0.2, 0.25) is 0 Å². The van der Waals surface area contributed by atoms with E-state index in [1.165, 1.54) is 28.7 Å².